The maximum absolute atomic E-state index is 6.48. The summed E-state index contributed by atoms with van der Waals surface area (Å²) in [5.74, 6) is 0. The molecule has 0 aliphatic carbocycles. The third kappa shape index (κ3) is 11.8. The molecule has 0 rings (SSSR count). The Kier molecular flexibility index (Phi) is 9.45. The zero-order chi connectivity index (χ0) is 20.2. The Morgan fingerprint density at radius 3 is 1.00 bits per heavy atom. The molecule has 0 aromatic carbocycles. The summed E-state index contributed by atoms with van der Waals surface area (Å²) in [5, 5.41) is 0. The molecule has 0 fully saturated rings. The minimum absolute atomic E-state index is 0.407. The maximum atomic E-state index is 6.48. The van der Waals surface area contributed by atoms with Gasteiger partial charge >= 0.3 is 162 Å². The molecular formula is C18H40HfO6. The molecule has 0 N–H and O–H groups in total. The van der Waals surface area contributed by atoms with Crippen LogP contribution in [-0.4, -0.2) is 49.8 Å². The van der Waals surface area contributed by atoms with Crippen LogP contribution in [0, 0.1) is 0 Å². The molecule has 0 heterocycles. The molecule has 0 aromatic heterocycles. The molecule has 0 atom stereocenters. The van der Waals surface area contributed by atoms with Crippen LogP contribution in [-0.2, 0) is 42.6 Å². The van der Waals surface area contributed by atoms with E-state index in [9.17, 15) is 0 Å². The van der Waals surface area contributed by atoms with Gasteiger partial charge in [0.1, 0.15) is 0 Å². The zero-order valence-electron chi connectivity index (χ0n) is 18.4. The summed E-state index contributed by atoms with van der Waals surface area (Å²) >= 11 is -4.68. The Hall–Kier alpha value is 0.630. The molecule has 0 aliphatic heterocycles. The second kappa shape index (κ2) is 9.22. The first-order valence-corrected chi connectivity index (χ1v) is 14.6. The van der Waals surface area contributed by atoms with Crippen LogP contribution < -0.4 is 0 Å². The fourth-order valence-electron chi connectivity index (χ4n) is 2.31. The van der Waals surface area contributed by atoms with Gasteiger partial charge in [-0.05, 0) is 0 Å². The van der Waals surface area contributed by atoms with Gasteiger partial charge in [-0.2, -0.15) is 0 Å². The Labute approximate surface area is 161 Å². The van der Waals surface area contributed by atoms with Gasteiger partial charge in [0.15, 0.2) is 0 Å². The quantitative estimate of drug-likeness (QED) is 0.392. The predicted molar refractivity (Wildman–Crippen MR) is 95.8 cm³/mol. The standard InChI is InChI=1S/2C5H11O2.2C4H9O.Hf/c2*1-5(2,6)4-7-3;2*1-4(2,3)5;/h2*4H2,1-3H3;2*1-3H3;/q4*-1;+4. The minimum atomic E-state index is -4.68. The zero-order valence-corrected chi connectivity index (χ0v) is 22.0. The summed E-state index contributed by atoms with van der Waals surface area (Å²) in [6.45, 7) is 20.5. The van der Waals surface area contributed by atoms with Crippen molar-refractivity contribution in [2.24, 2.45) is 0 Å². The van der Waals surface area contributed by atoms with Crippen molar-refractivity contribution in [3.63, 3.8) is 0 Å². The van der Waals surface area contributed by atoms with Crippen molar-refractivity contribution in [2.45, 2.75) is 91.6 Å². The summed E-state index contributed by atoms with van der Waals surface area (Å²) in [6.07, 6.45) is 0. The van der Waals surface area contributed by atoms with Crippen LogP contribution in [0.4, 0.5) is 0 Å². The SMILES string of the molecule is COCC(C)(C)[O][Hf]([O]C(C)(C)C)([O]C(C)(C)C)[O]C(C)(C)COC. The summed E-state index contributed by atoms with van der Waals surface area (Å²) in [7, 11) is 3.29. The van der Waals surface area contributed by atoms with Crippen molar-refractivity contribution < 1.29 is 42.6 Å². The van der Waals surface area contributed by atoms with Crippen LogP contribution >= 0.6 is 0 Å². The van der Waals surface area contributed by atoms with E-state index in [0.29, 0.717) is 13.2 Å². The molecular weight excluding hydrogens is 491 g/mol. The molecule has 0 radical (unpaired) electrons. The van der Waals surface area contributed by atoms with Crippen LogP contribution in [0.2, 0.25) is 0 Å². The fourth-order valence-corrected chi connectivity index (χ4v) is 13.9. The number of hydrogen-bond acceptors (Lipinski definition) is 6. The Bertz CT molecular complexity index is 357. The first kappa shape index (κ1) is 25.6. The number of ether oxygens (including phenoxy) is 2. The molecule has 0 aromatic rings. The van der Waals surface area contributed by atoms with Gasteiger partial charge in [0, 0.05) is 0 Å². The third-order valence-corrected chi connectivity index (χ3v) is 14.6. The molecule has 0 spiro atoms. The molecule has 0 saturated heterocycles. The van der Waals surface area contributed by atoms with Crippen molar-refractivity contribution in [1.29, 1.82) is 0 Å². The molecule has 25 heavy (non-hydrogen) atoms. The summed E-state index contributed by atoms with van der Waals surface area (Å²) in [4.78, 5) is 0. The first-order chi connectivity index (χ1) is 10.9. The molecule has 0 aliphatic rings. The van der Waals surface area contributed by atoms with Crippen LogP contribution in [0.3, 0.4) is 0 Å². The number of hydrogen-bond donors (Lipinski definition) is 0. The Balaban J connectivity index is 5.95. The molecule has 0 saturated carbocycles. The average molecular weight is 531 g/mol. The summed E-state index contributed by atoms with van der Waals surface area (Å²) in [5.41, 5.74) is -2.15. The van der Waals surface area contributed by atoms with Gasteiger partial charge < -0.3 is 0 Å². The number of rotatable bonds is 10. The molecule has 7 heteroatoms. The van der Waals surface area contributed by atoms with E-state index < -0.39 is 44.1 Å². The van der Waals surface area contributed by atoms with Gasteiger partial charge in [0.05, 0.1) is 0 Å². The van der Waals surface area contributed by atoms with Gasteiger partial charge in [-0.3, -0.25) is 0 Å². The molecule has 0 unspecified atom stereocenters. The predicted octanol–water partition coefficient (Wildman–Crippen LogP) is 4.31. The number of methoxy groups -OCH3 is 2. The first-order valence-electron chi connectivity index (χ1n) is 8.73. The second-order valence-electron chi connectivity index (χ2n) is 9.52. The Morgan fingerprint density at radius 2 is 0.800 bits per heavy atom. The van der Waals surface area contributed by atoms with Crippen LogP contribution in [0.25, 0.3) is 0 Å². The van der Waals surface area contributed by atoms with Crippen LogP contribution in [0.1, 0.15) is 69.2 Å². The van der Waals surface area contributed by atoms with Crippen LogP contribution in [0.5, 0.6) is 0 Å². The van der Waals surface area contributed by atoms with Crippen molar-refractivity contribution in [2.75, 3.05) is 27.4 Å². The van der Waals surface area contributed by atoms with E-state index in [1.54, 1.807) is 14.2 Å². The molecule has 0 amide bonds. The second-order valence-corrected chi connectivity index (χ2v) is 16.0. The van der Waals surface area contributed by atoms with E-state index in [1.807, 2.05) is 69.2 Å². The Morgan fingerprint density at radius 1 is 0.520 bits per heavy atom. The van der Waals surface area contributed by atoms with Crippen molar-refractivity contribution >= 4 is 0 Å². The third-order valence-electron chi connectivity index (χ3n) is 2.65. The van der Waals surface area contributed by atoms with Gasteiger partial charge in [0.2, 0.25) is 0 Å². The van der Waals surface area contributed by atoms with Gasteiger partial charge in [0.25, 0.3) is 0 Å². The average Bonchev–Trinajstić information content (AvgIpc) is 2.19. The van der Waals surface area contributed by atoms with Crippen molar-refractivity contribution in [1.82, 2.24) is 0 Å². The summed E-state index contributed by atoms with van der Waals surface area (Å²) in [6, 6.07) is 0. The van der Waals surface area contributed by atoms with Gasteiger partial charge in [-0.15, -0.1) is 0 Å². The molecule has 6 nitrogen and oxygen atoms in total. The van der Waals surface area contributed by atoms with E-state index in [1.165, 1.54) is 0 Å². The van der Waals surface area contributed by atoms with Crippen molar-refractivity contribution in [3.8, 4) is 0 Å². The van der Waals surface area contributed by atoms with E-state index in [4.69, 9.17) is 20.9 Å². The van der Waals surface area contributed by atoms with Crippen LogP contribution in [0.15, 0.2) is 0 Å². The van der Waals surface area contributed by atoms with E-state index in [-0.39, 0.29) is 0 Å². The monoisotopic (exact) mass is 532 g/mol. The molecule has 152 valence electrons. The molecule has 0 bridgehead atoms. The van der Waals surface area contributed by atoms with E-state index in [0.717, 1.165) is 0 Å². The summed E-state index contributed by atoms with van der Waals surface area (Å²) < 4.78 is 36.4. The topological polar surface area (TPSA) is 55.4 Å². The van der Waals surface area contributed by atoms with E-state index >= 15 is 0 Å². The van der Waals surface area contributed by atoms with E-state index in [2.05, 4.69) is 0 Å². The van der Waals surface area contributed by atoms with Gasteiger partial charge in [-0.1, -0.05) is 0 Å². The van der Waals surface area contributed by atoms with Crippen molar-refractivity contribution in [3.05, 3.63) is 0 Å². The van der Waals surface area contributed by atoms with Gasteiger partial charge in [-0.25, -0.2) is 0 Å². The normalized spacial score (nSPS) is 14.9. The fraction of sp³-hybridized carbons (Fsp3) is 1.00.